The first-order valence-electron chi connectivity index (χ1n) is 18.1. The van der Waals surface area contributed by atoms with Crippen LogP contribution in [0.2, 0.25) is 0 Å². The molecular formula is C40H42Cd2N12O18+2. The first-order valence-corrected chi connectivity index (χ1v) is 18.1. The number of ether oxygens (including phenoxy) is 4. The predicted molar refractivity (Wildman–Crippen MR) is 256 cm³/mol. The minimum atomic E-state index is -1.75. The summed E-state index contributed by atoms with van der Waals surface area (Å²) in [5.41, 5.74) is 6.01. The van der Waals surface area contributed by atoms with Gasteiger partial charge in [0.25, 0.3) is 0 Å². The molecule has 4 aromatic heterocycles. The van der Waals surface area contributed by atoms with Crippen molar-refractivity contribution >= 4 is 47.6 Å². The molecule has 0 unspecified atom stereocenters. The van der Waals surface area contributed by atoms with Crippen LogP contribution < -0.4 is 18.9 Å². The third-order valence-corrected chi connectivity index (χ3v) is 6.86. The molecule has 0 aliphatic carbocycles. The number of pyridine rings is 4. The fourth-order valence-corrected chi connectivity index (χ4v) is 4.34. The van der Waals surface area contributed by atoms with Crippen LogP contribution in [0.5, 0.6) is 23.5 Å². The molecule has 0 aliphatic heterocycles. The van der Waals surface area contributed by atoms with E-state index >= 15 is 0 Å². The van der Waals surface area contributed by atoms with E-state index in [9.17, 15) is 0 Å². The van der Waals surface area contributed by atoms with Gasteiger partial charge >= 0.3 is 54.6 Å². The van der Waals surface area contributed by atoms with Gasteiger partial charge in [-0.3, -0.25) is 20.0 Å². The molecule has 0 atom stereocenters. The summed E-state index contributed by atoms with van der Waals surface area (Å²) >= 11 is 0. The molecule has 2 aromatic carbocycles. The monoisotopic (exact) mass is 1210 g/mol. The van der Waals surface area contributed by atoms with E-state index < -0.39 is 20.3 Å². The number of benzene rings is 2. The van der Waals surface area contributed by atoms with Crippen LogP contribution in [-0.4, -0.2) is 93.6 Å². The SMILES string of the molecule is COc1cccc(C=Nc2cccc(N=Cc3cccc(OC)n3)c2)n1.COc1cccc(C=Nc2cccc(N=Cc3cccc(OC)n3)c2)n1.O=[N+]([O-])[O-].O=[N+]([O-])[O-].O=[N+]([O-])[O-].O=[N+]([O-])[O-].[Cd+2].[Cd+2].[OH3+].[OH3+]. The summed E-state index contributed by atoms with van der Waals surface area (Å²) in [4.78, 5) is 68.0. The maximum atomic E-state index is 8.25. The Balaban J connectivity index is -0.000000474. The normalized spacial score (nSPS) is 9.39. The summed E-state index contributed by atoms with van der Waals surface area (Å²) in [5, 5.41) is 59.0. The summed E-state index contributed by atoms with van der Waals surface area (Å²) in [7, 11) is 6.34. The topological polar surface area (TPSA) is 469 Å². The largest absolute Gasteiger partial charge is 2.00 e. The van der Waals surface area contributed by atoms with Gasteiger partial charge in [0.2, 0.25) is 23.5 Å². The van der Waals surface area contributed by atoms with Gasteiger partial charge < -0.3 is 91.2 Å². The standard InChI is InChI=1S/2C20H18N4O2.2Cd.4NO3.2H2O/c2*1-25-19-10-4-8-17(23-19)13-21-15-6-3-7-16(12-15)22-14-18-9-5-11-20(24-18)26-2;;;4*2-1(3)4;;/h2*3-14H,1-2H3;;;;;;;2*1H2/q;;2*+2;4*-1;;/p+2. The van der Waals surface area contributed by atoms with Crippen LogP contribution in [0.4, 0.5) is 22.7 Å². The summed E-state index contributed by atoms with van der Waals surface area (Å²) in [6, 6.07) is 37.3. The van der Waals surface area contributed by atoms with Gasteiger partial charge in [-0.05, 0) is 60.7 Å². The molecule has 372 valence electrons. The third-order valence-electron chi connectivity index (χ3n) is 6.86. The molecule has 6 N–H and O–H groups in total. The van der Waals surface area contributed by atoms with Crippen LogP contribution >= 0.6 is 0 Å². The van der Waals surface area contributed by atoms with Gasteiger partial charge in [-0.15, -0.1) is 0 Å². The molecule has 72 heavy (non-hydrogen) atoms. The summed E-state index contributed by atoms with van der Waals surface area (Å²) in [5.74, 6) is 2.22. The van der Waals surface area contributed by atoms with Crippen molar-refractivity contribution in [1.82, 2.24) is 19.9 Å². The fourth-order valence-electron chi connectivity index (χ4n) is 4.34. The van der Waals surface area contributed by atoms with E-state index in [1.807, 2.05) is 97.1 Å². The van der Waals surface area contributed by atoms with Crippen LogP contribution in [0.1, 0.15) is 22.8 Å². The fraction of sp³-hybridized carbons (Fsp3) is 0.100. The minimum Gasteiger partial charge on any atom is -0.481 e. The number of aliphatic imine (C=N–C) groups is 4. The van der Waals surface area contributed by atoms with Gasteiger partial charge in [0.1, 0.15) is 0 Å². The second-order valence-electron chi connectivity index (χ2n) is 11.4. The number of methoxy groups -OCH3 is 4. The maximum Gasteiger partial charge on any atom is 2.00 e. The molecular weight excluding hydrogens is 1160 g/mol. The van der Waals surface area contributed by atoms with Crippen molar-refractivity contribution < 1.29 is 105 Å². The quantitative estimate of drug-likeness (QED) is 0.0500. The van der Waals surface area contributed by atoms with Crippen molar-refractivity contribution in [3.05, 3.63) is 205 Å². The Morgan fingerprint density at radius 2 is 0.528 bits per heavy atom. The molecule has 0 radical (unpaired) electrons. The average Bonchev–Trinajstić information content (AvgIpc) is 3.31. The Hall–Kier alpha value is -8.52. The van der Waals surface area contributed by atoms with Crippen molar-refractivity contribution in [1.29, 1.82) is 0 Å². The molecule has 0 aliphatic rings. The Morgan fingerprint density at radius 1 is 0.361 bits per heavy atom. The molecule has 32 heteroatoms. The Labute approximate surface area is 447 Å². The van der Waals surface area contributed by atoms with Crippen LogP contribution in [0, 0.1) is 61.3 Å². The summed E-state index contributed by atoms with van der Waals surface area (Å²) in [6.45, 7) is 0. The van der Waals surface area contributed by atoms with Crippen molar-refractivity contribution in [2.45, 2.75) is 0 Å². The smallest absolute Gasteiger partial charge is 0.481 e. The molecule has 6 aromatic rings. The van der Waals surface area contributed by atoms with E-state index in [1.54, 1.807) is 77.6 Å². The van der Waals surface area contributed by atoms with Crippen LogP contribution in [0.15, 0.2) is 141 Å². The Bertz CT molecular complexity index is 2290. The molecule has 0 amide bonds. The Morgan fingerprint density at radius 3 is 0.694 bits per heavy atom. The van der Waals surface area contributed by atoms with E-state index in [0.29, 0.717) is 23.5 Å². The maximum absolute atomic E-state index is 8.25. The number of hydrogen-bond acceptors (Lipinski definition) is 24. The number of nitrogens with zero attached hydrogens (tertiary/aromatic N) is 12. The van der Waals surface area contributed by atoms with Crippen molar-refractivity contribution in [3.63, 3.8) is 0 Å². The zero-order chi connectivity index (χ0) is 50.7. The molecule has 30 nitrogen and oxygen atoms in total. The van der Waals surface area contributed by atoms with Crippen LogP contribution in [0.25, 0.3) is 0 Å². The van der Waals surface area contributed by atoms with E-state index in [-0.39, 0.29) is 65.5 Å². The molecule has 6 rings (SSSR count). The van der Waals surface area contributed by atoms with E-state index in [4.69, 9.17) is 80.2 Å². The van der Waals surface area contributed by atoms with Gasteiger partial charge in [0, 0.05) is 24.3 Å². The molecule has 0 spiro atoms. The van der Waals surface area contributed by atoms with Crippen LogP contribution in [-0.2, 0) is 65.5 Å². The predicted octanol–water partition coefficient (Wildman–Crippen LogP) is 5.18. The molecule has 0 fully saturated rings. The minimum absolute atomic E-state index is 0. The second-order valence-corrected chi connectivity index (χ2v) is 11.4. The van der Waals surface area contributed by atoms with Crippen molar-refractivity contribution in [2.75, 3.05) is 28.4 Å². The first kappa shape index (κ1) is 70.0. The van der Waals surface area contributed by atoms with Crippen molar-refractivity contribution in [2.24, 2.45) is 20.0 Å². The first-order chi connectivity index (χ1) is 32.5. The Kier molecular flexibility index (Phi) is 40.3. The number of aromatic nitrogens is 4. The van der Waals surface area contributed by atoms with Gasteiger partial charge in [0.15, 0.2) is 0 Å². The van der Waals surface area contributed by atoms with Gasteiger partial charge in [-0.1, -0.05) is 36.4 Å². The summed E-state index contributed by atoms with van der Waals surface area (Å²) in [6.07, 6.45) is 6.76. The molecule has 0 saturated carbocycles. The van der Waals surface area contributed by atoms with E-state index in [1.165, 1.54) is 0 Å². The number of hydrogen-bond donors (Lipinski definition) is 0. The molecule has 0 bridgehead atoms. The van der Waals surface area contributed by atoms with Gasteiger partial charge in [0.05, 0.1) is 119 Å². The van der Waals surface area contributed by atoms with Gasteiger partial charge in [-0.2, -0.15) is 0 Å². The third kappa shape index (κ3) is 35.6. The molecule has 0 saturated heterocycles. The molecule has 4 heterocycles. The zero-order valence-corrected chi connectivity index (χ0v) is 46.4. The second kappa shape index (κ2) is 41.5. The zero-order valence-electron chi connectivity index (χ0n) is 38.3. The van der Waals surface area contributed by atoms with E-state index in [0.717, 1.165) is 45.5 Å². The van der Waals surface area contributed by atoms with Crippen molar-refractivity contribution in [3.8, 4) is 23.5 Å². The van der Waals surface area contributed by atoms with E-state index in [2.05, 4.69) is 39.9 Å². The van der Waals surface area contributed by atoms with Gasteiger partial charge in [-0.25, -0.2) is 19.9 Å². The summed E-state index contributed by atoms with van der Waals surface area (Å²) < 4.78 is 20.4. The van der Waals surface area contributed by atoms with Crippen LogP contribution in [0.3, 0.4) is 0 Å². The number of rotatable bonds is 12. The average molecular weight is 1200 g/mol.